The van der Waals surface area contributed by atoms with Crippen molar-refractivity contribution in [3.8, 4) is 0 Å². The molecule has 1 saturated carbocycles. The van der Waals surface area contributed by atoms with Gasteiger partial charge in [0, 0.05) is 23.8 Å². The first-order chi connectivity index (χ1) is 25.2. The lowest BCUT2D eigenvalue weighted by molar-refractivity contribution is -0.153. The molecule has 3 aliphatic heterocycles. The number of fused-ring (bicyclic) bond motifs is 1. The molecule has 2 N–H and O–H groups in total. The van der Waals surface area contributed by atoms with Crippen LogP contribution in [-0.2, 0) is 35.1 Å². The van der Waals surface area contributed by atoms with Crippen molar-refractivity contribution < 1.29 is 33.8 Å². The number of nitrogens with zero attached hydrogens (tertiary/aromatic N) is 2. The largest absolute Gasteiger partial charge is 0.463 e. The van der Waals surface area contributed by atoms with Gasteiger partial charge in [0.2, 0.25) is 17.7 Å². The molecule has 6 rings (SSSR count). The van der Waals surface area contributed by atoms with E-state index in [-0.39, 0.29) is 42.3 Å². The first kappa shape index (κ1) is 37.9. The lowest BCUT2D eigenvalue weighted by Crippen LogP contribution is -2.61. The number of carbonyl (C=O) groups excluding carboxylic acids is 4. The minimum atomic E-state index is -1.30. The minimum Gasteiger partial charge on any atom is -0.463 e. The highest BCUT2D eigenvalue weighted by Crippen LogP contribution is 2.60. The maximum absolute atomic E-state index is 15.1. The lowest BCUT2D eigenvalue weighted by Gasteiger charge is -2.42. The second-order valence-corrected chi connectivity index (χ2v) is 15.7. The maximum atomic E-state index is 15.1. The van der Waals surface area contributed by atoms with Crippen LogP contribution in [0.1, 0.15) is 68.5 Å². The van der Waals surface area contributed by atoms with Gasteiger partial charge in [0.05, 0.1) is 36.6 Å². The first-order valence-corrected chi connectivity index (χ1v) is 19.5. The molecule has 0 radical (unpaired) electrons. The molecule has 1 unspecified atom stereocenters. The monoisotopic (exact) mass is 775 g/mol. The zero-order valence-corrected chi connectivity index (χ0v) is 31.2. The molecule has 11 heteroatoms. The van der Waals surface area contributed by atoms with E-state index < -0.39 is 53.5 Å². The number of hydrogen-bond acceptors (Lipinski definition) is 7. The molecule has 0 aromatic heterocycles. The van der Waals surface area contributed by atoms with Crippen LogP contribution in [0, 0.1) is 11.8 Å². The van der Waals surface area contributed by atoms with Gasteiger partial charge in [-0.1, -0.05) is 108 Å². The van der Waals surface area contributed by atoms with E-state index in [9.17, 15) is 19.5 Å². The smallest absolute Gasteiger partial charge is 0.306 e. The van der Waals surface area contributed by atoms with Gasteiger partial charge in [-0.25, -0.2) is 0 Å². The van der Waals surface area contributed by atoms with Gasteiger partial charge in [-0.15, -0.1) is 13.2 Å². The molecule has 4 fully saturated rings. The van der Waals surface area contributed by atoms with E-state index in [2.05, 4.69) is 34.4 Å². The van der Waals surface area contributed by atoms with Crippen LogP contribution in [0.5, 0.6) is 0 Å². The van der Waals surface area contributed by atoms with Crippen molar-refractivity contribution in [1.82, 2.24) is 15.1 Å². The van der Waals surface area contributed by atoms with Gasteiger partial charge < -0.3 is 29.7 Å². The number of allylic oxidation sites excluding steroid dienone is 1. The summed E-state index contributed by atoms with van der Waals surface area (Å²) in [5.74, 6) is -3.33. The Hall–Kier alpha value is -3.80. The highest BCUT2D eigenvalue weighted by atomic mass is 79.9. The van der Waals surface area contributed by atoms with Crippen LogP contribution >= 0.6 is 15.9 Å². The highest BCUT2D eigenvalue weighted by molar-refractivity contribution is 9.09. The Morgan fingerprint density at radius 2 is 1.75 bits per heavy atom. The number of aliphatic hydroxyl groups excluding tert-OH is 1. The number of alkyl halides is 1. The Balaban J connectivity index is 1.36. The second-order valence-electron chi connectivity index (χ2n) is 14.5. The summed E-state index contributed by atoms with van der Waals surface area (Å²) in [6, 6.07) is 16.4. The molecular formula is C41H50BrN3O7. The topological polar surface area (TPSA) is 125 Å². The molecule has 8 atom stereocenters. The lowest BCUT2D eigenvalue weighted by atomic mass is 9.70. The molecule has 2 bridgehead atoms. The van der Waals surface area contributed by atoms with Gasteiger partial charge in [0.15, 0.2) is 0 Å². The fourth-order valence-corrected chi connectivity index (χ4v) is 9.87. The van der Waals surface area contributed by atoms with Crippen molar-refractivity contribution in [2.45, 2.75) is 98.5 Å². The van der Waals surface area contributed by atoms with Crippen LogP contribution in [0.25, 0.3) is 0 Å². The minimum absolute atomic E-state index is 0.00774. The van der Waals surface area contributed by atoms with Crippen LogP contribution in [0.15, 0.2) is 86.0 Å². The number of esters is 1. The highest BCUT2D eigenvalue weighted by Gasteiger charge is 2.77. The molecule has 52 heavy (non-hydrogen) atoms. The predicted molar refractivity (Wildman–Crippen MR) is 200 cm³/mol. The molecule has 2 aromatic carbocycles. The summed E-state index contributed by atoms with van der Waals surface area (Å²) >= 11 is 3.79. The Bertz CT molecular complexity index is 1600. The van der Waals surface area contributed by atoms with Gasteiger partial charge >= 0.3 is 5.97 Å². The zero-order chi connectivity index (χ0) is 36.8. The molecule has 3 amide bonds. The third-order valence-electron chi connectivity index (χ3n) is 11.3. The molecule has 3 heterocycles. The number of hydrogen-bond donors (Lipinski definition) is 2. The summed E-state index contributed by atoms with van der Waals surface area (Å²) in [6.07, 6.45) is 8.86. The van der Waals surface area contributed by atoms with Crippen molar-refractivity contribution in [3.63, 3.8) is 0 Å². The van der Waals surface area contributed by atoms with Crippen LogP contribution in [0.3, 0.4) is 0 Å². The van der Waals surface area contributed by atoms with Crippen LogP contribution < -0.4 is 5.32 Å². The summed E-state index contributed by atoms with van der Waals surface area (Å²) in [4.78, 5) is 60.2. The predicted octanol–water partition coefficient (Wildman–Crippen LogP) is 5.05. The summed E-state index contributed by atoms with van der Waals surface area (Å²) in [5, 5.41) is 14.0. The molecule has 4 aliphatic rings. The number of carbonyl (C=O) groups is 4. The molecule has 1 aliphatic carbocycles. The van der Waals surface area contributed by atoms with Crippen molar-refractivity contribution in [2.24, 2.45) is 11.8 Å². The van der Waals surface area contributed by atoms with E-state index in [1.807, 2.05) is 65.6 Å². The zero-order valence-electron chi connectivity index (χ0n) is 29.6. The third-order valence-corrected chi connectivity index (χ3v) is 12.1. The average Bonchev–Trinajstić information content (AvgIpc) is 3.77. The first-order valence-electron chi connectivity index (χ1n) is 18.6. The van der Waals surface area contributed by atoms with E-state index in [0.717, 1.165) is 43.2 Å². The van der Waals surface area contributed by atoms with E-state index in [0.29, 0.717) is 25.8 Å². The third kappa shape index (κ3) is 7.50. The Kier molecular flexibility index (Phi) is 12.3. The number of ether oxygens (including phenoxy) is 2. The summed E-state index contributed by atoms with van der Waals surface area (Å²) in [6.45, 7) is 7.47. The fourth-order valence-electron chi connectivity index (χ4n) is 8.93. The molecule has 2 aromatic rings. The summed E-state index contributed by atoms with van der Waals surface area (Å²) < 4.78 is 12.4. The molecule has 3 saturated heterocycles. The Labute approximate surface area is 314 Å². The van der Waals surface area contributed by atoms with Gasteiger partial charge in [-0.05, 0) is 43.2 Å². The number of amides is 3. The fraction of sp³-hybridized carbons (Fsp3) is 0.512. The van der Waals surface area contributed by atoms with Gasteiger partial charge in [-0.3, -0.25) is 19.2 Å². The van der Waals surface area contributed by atoms with Crippen molar-refractivity contribution in [3.05, 3.63) is 97.1 Å². The average molecular weight is 777 g/mol. The number of nitrogens with one attached hydrogen (secondary N) is 1. The second kappa shape index (κ2) is 16.9. The Morgan fingerprint density at radius 1 is 1.06 bits per heavy atom. The molecular weight excluding hydrogens is 726 g/mol. The van der Waals surface area contributed by atoms with Crippen LogP contribution in [0.4, 0.5) is 0 Å². The number of halogens is 1. The molecule has 10 nitrogen and oxygen atoms in total. The number of benzene rings is 2. The normalized spacial score (nSPS) is 27.8. The molecule has 278 valence electrons. The van der Waals surface area contributed by atoms with E-state index in [4.69, 9.17) is 9.47 Å². The summed E-state index contributed by atoms with van der Waals surface area (Å²) in [5.41, 5.74) is 0.355. The van der Waals surface area contributed by atoms with E-state index >= 15 is 4.79 Å². The maximum Gasteiger partial charge on any atom is 0.306 e. The van der Waals surface area contributed by atoms with Gasteiger partial charge in [-0.2, -0.15) is 0 Å². The quantitative estimate of drug-likeness (QED) is 0.139. The Morgan fingerprint density at radius 3 is 2.40 bits per heavy atom. The summed E-state index contributed by atoms with van der Waals surface area (Å²) in [7, 11) is 0. The van der Waals surface area contributed by atoms with E-state index in [1.165, 1.54) is 0 Å². The van der Waals surface area contributed by atoms with Crippen molar-refractivity contribution in [1.29, 1.82) is 0 Å². The number of likely N-dealkylation sites (tertiary alicyclic amines) is 1. The standard InChI is InChI=1S/C41H50BrN3O7/c1-3-5-21-33(47)51-26-32(28-17-11-7-12-18-28)43-38(48)34-35-39(49)45(30(25-46)23-27-15-9-6-10-16-27)37(41(35)24-31(42)36(34)52-41)40(50)44(22-4-2)29-19-13-8-14-20-29/h3-4,6-7,9-12,15-18,29-32,34-37,46H,1-2,5,8,13-14,19-26H2,(H,43,48)/t30-,31?,32-,34-,35+,36-,37-,41+/m1/s1. The number of rotatable bonds is 16. The van der Waals surface area contributed by atoms with E-state index in [1.54, 1.807) is 17.1 Å². The van der Waals surface area contributed by atoms with Crippen molar-refractivity contribution in [2.75, 3.05) is 19.8 Å². The van der Waals surface area contributed by atoms with Gasteiger partial charge in [0.25, 0.3) is 0 Å². The van der Waals surface area contributed by atoms with Crippen molar-refractivity contribution >= 4 is 39.6 Å². The SMILES string of the molecule is C=CCCC(=O)OC[C@@H](NC(=O)[C@H]1[C@@H]2O[C@@]3(CC2Br)[C@@H]1C(=O)N([C@@H](CO)Cc1ccccc1)[C@@H]3C(=O)N(CC=C)C1CCCCC1)c1ccccc1. The molecule has 1 spiro atoms. The van der Waals surface area contributed by atoms with Crippen LogP contribution in [0.2, 0.25) is 0 Å². The van der Waals surface area contributed by atoms with Gasteiger partial charge in [0.1, 0.15) is 18.2 Å². The number of aliphatic hydroxyl groups is 1. The van der Waals surface area contributed by atoms with Crippen LogP contribution in [-0.4, -0.2) is 93.0 Å².